The van der Waals surface area contributed by atoms with Crippen molar-refractivity contribution in [2.24, 2.45) is 0 Å². The third-order valence-electron chi connectivity index (χ3n) is 6.58. The van der Waals surface area contributed by atoms with Gasteiger partial charge in [-0.25, -0.2) is 0 Å². The molecule has 2 aromatic carbocycles. The Balaban J connectivity index is 1.28. The molecule has 1 aromatic heterocycles. The van der Waals surface area contributed by atoms with Crippen LogP contribution in [0.1, 0.15) is 36.8 Å². The highest BCUT2D eigenvalue weighted by Crippen LogP contribution is 2.33. The van der Waals surface area contributed by atoms with Crippen molar-refractivity contribution >= 4 is 16.8 Å². The Morgan fingerprint density at radius 2 is 1.88 bits per heavy atom. The molecular weight excluding hydrogens is 402 g/mol. The van der Waals surface area contributed by atoms with Gasteiger partial charge in [0.15, 0.2) is 11.5 Å². The molecule has 1 N–H and O–H groups in total. The molecule has 5 rings (SSSR count). The highest BCUT2D eigenvalue weighted by atomic mass is 16.7. The van der Waals surface area contributed by atoms with Gasteiger partial charge in [-0.05, 0) is 61.7 Å². The summed E-state index contributed by atoms with van der Waals surface area (Å²) in [6, 6.07) is 14.3. The van der Waals surface area contributed by atoms with E-state index in [1.54, 1.807) is 0 Å². The van der Waals surface area contributed by atoms with Crippen LogP contribution in [-0.2, 0) is 17.8 Å². The summed E-state index contributed by atoms with van der Waals surface area (Å²) in [4.78, 5) is 21.1. The van der Waals surface area contributed by atoms with Crippen LogP contribution in [0.3, 0.4) is 0 Å². The highest BCUT2D eigenvalue weighted by molar-refractivity contribution is 5.83. The Hall–Kier alpha value is -2.99. The lowest BCUT2D eigenvalue weighted by molar-refractivity contribution is -0.132. The number of rotatable bonds is 8. The number of aromatic amines is 1. The molecule has 6 heteroatoms. The van der Waals surface area contributed by atoms with Crippen molar-refractivity contribution in [3.63, 3.8) is 0 Å². The molecule has 0 aliphatic carbocycles. The van der Waals surface area contributed by atoms with Gasteiger partial charge in [0.1, 0.15) is 0 Å². The smallest absolute Gasteiger partial charge is 0.231 e. The van der Waals surface area contributed by atoms with Crippen LogP contribution < -0.4 is 9.47 Å². The van der Waals surface area contributed by atoms with E-state index in [9.17, 15) is 4.79 Å². The Morgan fingerprint density at radius 3 is 2.78 bits per heavy atom. The van der Waals surface area contributed by atoms with Gasteiger partial charge in [0.2, 0.25) is 12.7 Å². The van der Waals surface area contributed by atoms with Crippen molar-refractivity contribution in [1.82, 2.24) is 14.8 Å². The molecule has 1 amide bonds. The van der Waals surface area contributed by atoms with Gasteiger partial charge in [0.05, 0.1) is 0 Å². The van der Waals surface area contributed by atoms with Gasteiger partial charge in [0, 0.05) is 43.2 Å². The van der Waals surface area contributed by atoms with Crippen molar-refractivity contribution in [2.75, 3.05) is 33.0 Å². The van der Waals surface area contributed by atoms with E-state index in [0.29, 0.717) is 19.5 Å². The van der Waals surface area contributed by atoms with Crippen molar-refractivity contribution in [3.05, 3.63) is 59.8 Å². The monoisotopic (exact) mass is 433 g/mol. The number of carbonyl (C=O) groups is 1. The lowest BCUT2D eigenvalue weighted by Gasteiger charge is -2.28. The van der Waals surface area contributed by atoms with E-state index < -0.39 is 0 Å². The van der Waals surface area contributed by atoms with E-state index in [2.05, 4.69) is 34.3 Å². The second-order valence-corrected chi connectivity index (χ2v) is 8.76. The number of hydrogen-bond donors (Lipinski definition) is 1. The van der Waals surface area contributed by atoms with Crippen LogP contribution in [0, 0.1) is 0 Å². The SMILES string of the molecule is O=C(CCN1CCCCC1)N(CCc1c[nH]c2ccccc12)Cc1ccc2c(c1)OCO2. The Morgan fingerprint density at radius 1 is 1.03 bits per heavy atom. The number of para-hydroxylation sites is 1. The molecule has 0 atom stereocenters. The number of nitrogens with zero attached hydrogens (tertiary/aromatic N) is 2. The molecule has 2 aliphatic rings. The number of carbonyl (C=O) groups excluding carboxylic acids is 1. The zero-order valence-electron chi connectivity index (χ0n) is 18.5. The van der Waals surface area contributed by atoms with Crippen molar-refractivity contribution in [2.45, 2.75) is 38.6 Å². The number of nitrogens with one attached hydrogen (secondary N) is 1. The number of piperidine rings is 1. The predicted molar refractivity (Wildman–Crippen MR) is 125 cm³/mol. The van der Waals surface area contributed by atoms with E-state index in [1.807, 2.05) is 29.2 Å². The number of likely N-dealkylation sites (tertiary alicyclic amines) is 1. The van der Waals surface area contributed by atoms with Crippen LogP contribution in [-0.4, -0.2) is 53.7 Å². The number of benzene rings is 2. The zero-order chi connectivity index (χ0) is 21.8. The summed E-state index contributed by atoms with van der Waals surface area (Å²) < 4.78 is 11.0. The number of aromatic nitrogens is 1. The minimum Gasteiger partial charge on any atom is -0.454 e. The molecule has 1 saturated heterocycles. The van der Waals surface area contributed by atoms with Crippen molar-refractivity contribution < 1.29 is 14.3 Å². The molecule has 168 valence electrons. The normalized spacial score (nSPS) is 15.9. The number of fused-ring (bicyclic) bond motifs is 2. The van der Waals surface area contributed by atoms with Crippen LogP contribution in [0.4, 0.5) is 0 Å². The fourth-order valence-corrected chi connectivity index (χ4v) is 4.74. The summed E-state index contributed by atoms with van der Waals surface area (Å²) in [6.07, 6.45) is 7.26. The number of H-pyrrole nitrogens is 1. The van der Waals surface area contributed by atoms with Crippen molar-refractivity contribution in [1.29, 1.82) is 0 Å². The second kappa shape index (κ2) is 9.65. The fourth-order valence-electron chi connectivity index (χ4n) is 4.74. The van der Waals surface area contributed by atoms with Gasteiger partial charge >= 0.3 is 0 Å². The summed E-state index contributed by atoms with van der Waals surface area (Å²) in [5.41, 5.74) is 3.46. The Bertz CT molecular complexity index is 1070. The summed E-state index contributed by atoms with van der Waals surface area (Å²) in [5, 5.41) is 1.23. The van der Waals surface area contributed by atoms with E-state index in [4.69, 9.17) is 9.47 Å². The van der Waals surface area contributed by atoms with E-state index in [0.717, 1.165) is 48.6 Å². The number of amides is 1. The zero-order valence-corrected chi connectivity index (χ0v) is 18.5. The molecule has 0 bridgehead atoms. The molecular formula is C26H31N3O3. The van der Waals surface area contributed by atoms with Crippen LogP contribution in [0.25, 0.3) is 10.9 Å². The van der Waals surface area contributed by atoms with Crippen LogP contribution >= 0.6 is 0 Å². The van der Waals surface area contributed by atoms with Crippen LogP contribution in [0.15, 0.2) is 48.7 Å². The molecule has 0 unspecified atom stereocenters. The average Bonchev–Trinajstić information content (AvgIpc) is 3.47. The predicted octanol–water partition coefficient (Wildman–Crippen LogP) is 4.34. The molecule has 0 radical (unpaired) electrons. The summed E-state index contributed by atoms with van der Waals surface area (Å²) in [5.74, 6) is 1.75. The Kier molecular flexibility index (Phi) is 6.30. The standard InChI is InChI=1S/C26H31N3O3/c30-26(11-14-28-12-4-1-5-13-28)29(18-20-8-9-24-25(16-20)32-19-31-24)15-10-21-17-27-23-7-3-2-6-22(21)23/h2-3,6-9,16-17,27H,1,4-5,10-15,18-19H2. The molecule has 3 aromatic rings. The van der Waals surface area contributed by atoms with Gasteiger partial charge in [-0.3, -0.25) is 4.79 Å². The Labute approximate surface area is 189 Å². The van der Waals surface area contributed by atoms with Gasteiger partial charge in [-0.1, -0.05) is 30.7 Å². The maximum Gasteiger partial charge on any atom is 0.231 e. The highest BCUT2D eigenvalue weighted by Gasteiger charge is 2.19. The van der Waals surface area contributed by atoms with E-state index in [1.165, 1.54) is 30.2 Å². The molecule has 6 nitrogen and oxygen atoms in total. The molecule has 0 spiro atoms. The summed E-state index contributed by atoms with van der Waals surface area (Å²) in [7, 11) is 0. The summed E-state index contributed by atoms with van der Waals surface area (Å²) in [6.45, 7) is 4.61. The first-order valence-electron chi connectivity index (χ1n) is 11.7. The van der Waals surface area contributed by atoms with Gasteiger partial charge < -0.3 is 24.3 Å². The lowest BCUT2D eigenvalue weighted by atomic mass is 10.1. The first-order chi connectivity index (χ1) is 15.8. The first-order valence-corrected chi connectivity index (χ1v) is 11.7. The van der Waals surface area contributed by atoms with Crippen LogP contribution in [0.5, 0.6) is 11.5 Å². The molecule has 1 fully saturated rings. The molecule has 3 heterocycles. The minimum atomic E-state index is 0.216. The lowest BCUT2D eigenvalue weighted by Crippen LogP contribution is -2.37. The molecule has 32 heavy (non-hydrogen) atoms. The van der Waals surface area contributed by atoms with Gasteiger partial charge in [-0.15, -0.1) is 0 Å². The third-order valence-corrected chi connectivity index (χ3v) is 6.58. The van der Waals surface area contributed by atoms with E-state index in [-0.39, 0.29) is 12.7 Å². The third kappa shape index (κ3) is 4.75. The van der Waals surface area contributed by atoms with Crippen molar-refractivity contribution in [3.8, 4) is 11.5 Å². The topological polar surface area (TPSA) is 57.8 Å². The number of hydrogen-bond acceptors (Lipinski definition) is 4. The largest absolute Gasteiger partial charge is 0.454 e. The van der Waals surface area contributed by atoms with Gasteiger partial charge in [-0.2, -0.15) is 0 Å². The molecule has 2 aliphatic heterocycles. The first kappa shape index (κ1) is 20.9. The van der Waals surface area contributed by atoms with Crippen LogP contribution in [0.2, 0.25) is 0 Å². The quantitative estimate of drug-likeness (QED) is 0.574. The second-order valence-electron chi connectivity index (χ2n) is 8.76. The number of ether oxygens (including phenoxy) is 2. The minimum absolute atomic E-state index is 0.216. The fraction of sp³-hybridized carbons (Fsp3) is 0.423. The van der Waals surface area contributed by atoms with E-state index >= 15 is 0 Å². The average molecular weight is 434 g/mol. The van der Waals surface area contributed by atoms with Gasteiger partial charge in [0.25, 0.3) is 0 Å². The maximum atomic E-state index is 13.3. The maximum absolute atomic E-state index is 13.3. The summed E-state index contributed by atoms with van der Waals surface area (Å²) >= 11 is 0. The molecule has 0 saturated carbocycles.